The molecule has 0 atom stereocenters. The quantitative estimate of drug-likeness (QED) is 0.721. The topological polar surface area (TPSA) is 22.0 Å². The number of hydrogen-bond donors (Lipinski definition) is 0. The predicted molar refractivity (Wildman–Crippen MR) is 61.6 cm³/mol. The van der Waals surface area contributed by atoms with Crippen molar-refractivity contribution in [3.63, 3.8) is 0 Å². The van der Waals surface area contributed by atoms with Gasteiger partial charge in [0.05, 0.1) is 9.99 Å². The van der Waals surface area contributed by atoms with Gasteiger partial charge >= 0.3 is 0 Å². The summed E-state index contributed by atoms with van der Waals surface area (Å²) in [5.74, 6) is -0.393. The molecule has 15 heavy (non-hydrogen) atoms. The van der Waals surface area contributed by atoms with Crippen LogP contribution in [0, 0.1) is 12.7 Å². The van der Waals surface area contributed by atoms with E-state index in [0.29, 0.717) is 9.86 Å². The first-order valence-corrected chi connectivity index (χ1v) is 5.26. The normalized spacial score (nSPS) is 10.9. The minimum absolute atomic E-state index is 0.167. The summed E-state index contributed by atoms with van der Waals surface area (Å²) in [6.45, 7) is 1.84. The monoisotopic (exact) mass is 269 g/mol. The van der Waals surface area contributed by atoms with Crippen molar-refractivity contribution in [1.82, 2.24) is 4.57 Å². The van der Waals surface area contributed by atoms with Crippen molar-refractivity contribution in [2.24, 2.45) is 7.05 Å². The van der Waals surface area contributed by atoms with E-state index in [4.69, 9.17) is 0 Å². The summed E-state index contributed by atoms with van der Waals surface area (Å²) in [4.78, 5) is 11.8. The molecule has 0 saturated heterocycles. The van der Waals surface area contributed by atoms with Gasteiger partial charge in [-0.2, -0.15) is 0 Å². The highest BCUT2D eigenvalue weighted by Gasteiger charge is 2.10. The van der Waals surface area contributed by atoms with Crippen molar-refractivity contribution in [1.29, 1.82) is 0 Å². The van der Waals surface area contributed by atoms with Crippen LogP contribution < -0.4 is 5.43 Å². The molecule has 0 unspecified atom stereocenters. The molecule has 0 bridgehead atoms. The van der Waals surface area contributed by atoms with Crippen LogP contribution in [0.4, 0.5) is 4.39 Å². The van der Waals surface area contributed by atoms with Crippen LogP contribution in [0.25, 0.3) is 10.9 Å². The van der Waals surface area contributed by atoms with Gasteiger partial charge in [0.15, 0.2) is 0 Å². The van der Waals surface area contributed by atoms with E-state index in [9.17, 15) is 9.18 Å². The Morgan fingerprint density at radius 1 is 1.40 bits per heavy atom. The molecule has 0 saturated carbocycles. The second-order valence-corrected chi connectivity index (χ2v) is 4.24. The number of aromatic nitrogens is 1. The van der Waals surface area contributed by atoms with Crippen molar-refractivity contribution < 1.29 is 4.39 Å². The highest BCUT2D eigenvalue weighted by molar-refractivity contribution is 9.10. The van der Waals surface area contributed by atoms with Gasteiger partial charge in [-0.25, -0.2) is 4.39 Å². The van der Waals surface area contributed by atoms with Crippen molar-refractivity contribution in [3.8, 4) is 0 Å². The molecule has 2 nitrogen and oxygen atoms in total. The van der Waals surface area contributed by atoms with Gasteiger partial charge in [0.2, 0.25) is 5.43 Å². The Labute approximate surface area is 94.5 Å². The molecule has 1 aromatic carbocycles. The first kappa shape index (κ1) is 10.4. The van der Waals surface area contributed by atoms with Crippen LogP contribution in [0.3, 0.4) is 0 Å². The molecule has 0 aliphatic carbocycles. The lowest BCUT2D eigenvalue weighted by molar-refractivity contribution is 0.629. The summed E-state index contributed by atoms with van der Waals surface area (Å²) in [7, 11) is 1.85. The lowest BCUT2D eigenvalue weighted by atomic mass is 10.2. The van der Waals surface area contributed by atoms with Gasteiger partial charge in [-0.05, 0) is 41.1 Å². The van der Waals surface area contributed by atoms with Gasteiger partial charge in [0.1, 0.15) is 5.82 Å². The lowest BCUT2D eigenvalue weighted by Crippen LogP contribution is -2.12. The van der Waals surface area contributed by atoms with Gasteiger partial charge in [-0.15, -0.1) is 0 Å². The third-order valence-electron chi connectivity index (χ3n) is 2.58. The maximum Gasteiger partial charge on any atom is 0.203 e. The van der Waals surface area contributed by atoms with Crippen molar-refractivity contribution in [3.05, 3.63) is 44.4 Å². The maximum absolute atomic E-state index is 13.0. The predicted octanol–water partition coefficient (Wildman–Crippen LogP) is 2.75. The van der Waals surface area contributed by atoms with Gasteiger partial charge < -0.3 is 4.57 Å². The molecule has 2 rings (SSSR count). The number of nitrogens with zero attached hydrogens (tertiary/aromatic N) is 1. The third kappa shape index (κ3) is 1.49. The molecule has 0 N–H and O–H groups in total. The Balaban J connectivity index is 3.08. The molecule has 0 fully saturated rings. The van der Waals surface area contributed by atoms with Crippen LogP contribution in [0.2, 0.25) is 0 Å². The van der Waals surface area contributed by atoms with Gasteiger partial charge in [-0.1, -0.05) is 0 Å². The molecule has 78 valence electrons. The van der Waals surface area contributed by atoms with Crippen LogP contribution >= 0.6 is 15.9 Å². The van der Waals surface area contributed by atoms with Gasteiger partial charge in [-0.3, -0.25) is 4.79 Å². The lowest BCUT2D eigenvalue weighted by Gasteiger charge is -2.10. The van der Waals surface area contributed by atoms with Gasteiger partial charge in [0, 0.05) is 18.1 Å². The average molecular weight is 270 g/mol. The summed E-state index contributed by atoms with van der Waals surface area (Å²) in [6, 6.07) is 4.24. The zero-order valence-corrected chi connectivity index (χ0v) is 9.93. The first-order chi connectivity index (χ1) is 7.02. The third-order valence-corrected chi connectivity index (χ3v) is 3.52. The second kappa shape index (κ2) is 3.45. The fourth-order valence-electron chi connectivity index (χ4n) is 1.59. The number of rotatable bonds is 0. The van der Waals surface area contributed by atoms with E-state index < -0.39 is 5.82 Å². The molecule has 2 aromatic rings. The number of halogens is 2. The molecule has 0 amide bonds. The molecule has 4 heteroatoms. The first-order valence-electron chi connectivity index (χ1n) is 4.46. The summed E-state index contributed by atoms with van der Waals surface area (Å²) in [5, 5.41) is 0.398. The highest BCUT2D eigenvalue weighted by atomic mass is 79.9. The summed E-state index contributed by atoms with van der Waals surface area (Å²) in [5.41, 5.74) is 1.40. The number of fused-ring (bicyclic) bond motifs is 1. The SMILES string of the molecule is Cc1c(Br)c(=O)c2cc(F)ccc2n1C. The zero-order chi connectivity index (χ0) is 11.2. The van der Waals surface area contributed by atoms with E-state index in [1.54, 1.807) is 6.07 Å². The van der Waals surface area contributed by atoms with Crippen LogP contribution in [0.1, 0.15) is 5.69 Å². The molecule has 1 heterocycles. The highest BCUT2D eigenvalue weighted by Crippen LogP contribution is 2.18. The number of aryl methyl sites for hydroxylation is 1. The minimum Gasteiger partial charge on any atom is -0.347 e. The summed E-state index contributed by atoms with van der Waals surface area (Å²) >= 11 is 3.22. The molecule has 0 aliphatic heterocycles. The van der Waals surface area contributed by atoms with Gasteiger partial charge in [0.25, 0.3) is 0 Å². The van der Waals surface area contributed by atoms with E-state index in [-0.39, 0.29) is 5.43 Å². The summed E-state index contributed by atoms with van der Waals surface area (Å²) in [6.07, 6.45) is 0. The maximum atomic E-state index is 13.0. The average Bonchev–Trinajstić information content (AvgIpc) is 2.23. The Hall–Kier alpha value is -1.16. The van der Waals surface area contributed by atoms with Crippen molar-refractivity contribution in [2.75, 3.05) is 0 Å². The Bertz CT molecular complexity index is 604. The van der Waals surface area contributed by atoms with E-state index in [2.05, 4.69) is 15.9 Å². The number of benzene rings is 1. The zero-order valence-electron chi connectivity index (χ0n) is 8.34. The van der Waals surface area contributed by atoms with Crippen molar-refractivity contribution >= 4 is 26.8 Å². The fourth-order valence-corrected chi connectivity index (χ4v) is 2.07. The molecule has 0 radical (unpaired) electrons. The van der Waals surface area contributed by atoms with E-state index >= 15 is 0 Å². The second-order valence-electron chi connectivity index (χ2n) is 3.45. The molecular weight excluding hydrogens is 261 g/mol. The summed E-state index contributed by atoms with van der Waals surface area (Å²) < 4.78 is 15.4. The van der Waals surface area contributed by atoms with E-state index in [1.165, 1.54) is 12.1 Å². The molecular formula is C11H9BrFNO. The van der Waals surface area contributed by atoms with E-state index in [0.717, 1.165) is 11.2 Å². The largest absolute Gasteiger partial charge is 0.347 e. The Morgan fingerprint density at radius 3 is 2.73 bits per heavy atom. The van der Waals surface area contributed by atoms with E-state index in [1.807, 2.05) is 18.5 Å². The van der Waals surface area contributed by atoms with Crippen molar-refractivity contribution in [2.45, 2.75) is 6.92 Å². The number of hydrogen-bond acceptors (Lipinski definition) is 1. The Kier molecular flexibility index (Phi) is 2.38. The molecule has 0 aliphatic rings. The standard InChI is InChI=1S/C11H9BrFNO/c1-6-10(12)11(15)8-5-7(13)3-4-9(8)14(6)2/h3-5H,1-2H3. The van der Waals surface area contributed by atoms with Crippen LogP contribution in [-0.4, -0.2) is 4.57 Å². The number of pyridine rings is 1. The molecule has 0 spiro atoms. The van der Waals surface area contributed by atoms with Crippen LogP contribution in [0.5, 0.6) is 0 Å². The van der Waals surface area contributed by atoms with Crippen LogP contribution in [-0.2, 0) is 7.05 Å². The molecule has 1 aromatic heterocycles. The fraction of sp³-hybridized carbons (Fsp3) is 0.182. The smallest absolute Gasteiger partial charge is 0.203 e. The minimum atomic E-state index is -0.393. The Morgan fingerprint density at radius 2 is 2.07 bits per heavy atom. The van der Waals surface area contributed by atoms with Crippen LogP contribution in [0.15, 0.2) is 27.5 Å².